The first-order chi connectivity index (χ1) is 8.05. The van der Waals surface area contributed by atoms with Crippen LogP contribution in [0.15, 0.2) is 18.2 Å². The third-order valence-electron chi connectivity index (χ3n) is 1.85. The zero-order valence-electron chi connectivity index (χ0n) is 8.36. The molecule has 0 aliphatic heterocycles. The summed E-state index contributed by atoms with van der Waals surface area (Å²) in [6.07, 6.45) is -6.05. The van der Waals surface area contributed by atoms with Gasteiger partial charge in [0, 0.05) is 11.8 Å². The highest BCUT2D eigenvalue weighted by molar-refractivity contribution is 5.96. The van der Waals surface area contributed by atoms with E-state index in [1.54, 1.807) is 0 Å². The van der Waals surface area contributed by atoms with E-state index in [-0.39, 0.29) is 0 Å². The predicted molar refractivity (Wildman–Crippen MR) is 47.7 cm³/mol. The minimum Gasteiger partial charge on any atom is -0.505 e. The van der Waals surface area contributed by atoms with Crippen molar-refractivity contribution in [3.63, 3.8) is 0 Å². The molecule has 0 fully saturated rings. The van der Waals surface area contributed by atoms with Crippen molar-refractivity contribution in [2.75, 3.05) is 5.32 Å². The smallest absolute Gasteiger partial charge is 0.463 e. The highest BCUT2D eigenvalue weighted by atomic mass is 19.4. The Balaban J connectivity index is 2.91. The third kappa shape index (κ3) is 2.66. The van der Waals surface area contributed by atoms with Gasteiger partial charge in [-0.3, -0.25) is 4.79 Å². The topological polar surface area (TPSA) is 49.3 Å². The maximum Gasteiger partial charge on any atom is 0.463 e. The number of nitrogens with one attached hydrogen (secondary N) is 1. The minimum absolute atomic E-state index is 0.402. The Morgan fingerprint density at radius 2 is 1.72 bits per heavy atom. The molecule has 0 aromatic heterocycles. The summed E-state index contributed by atoms with van der Waals surface area (Å²) in [7, 11) is 0. The zero-order valence-corrected chi connectivity index (χ0v) is 8.36. The van der Waals surface area contributed by atoms with Crippen LogP contribution in [0.1, 0.15) is 0 Å². The SMILES string of the molecule is O=C(Nc1ccc(O)c(F)c1)C(F)(F)C(F)(F)F. The maximum absolute atomic E-state index is 12.7. The van der Waals surface area contributed by atoms with Gasteiger partial charge in [0.1, 0.15) is 0 Å². The first kappa shape index (κ1) is 14.1. The van der Waals surface area contributed by atoms with Crippen LogP contribution in [0.4, 0.5) is 32.0 Å². The number of hydrogen-bond donors (Lipinski definition) is 2. The quantitative estimate of drug-likeness (QED) is 0.643. The van der Waals surface area contributed by atoms with Gasteiger partial charge in [-0.25, -0.2) is 4.39 Å². The molecular weight excluding hydrogens is 268 g/mol. The van der Waals surface area contributed by atoms with Crippen LogP contribution in [-0.2, 0) is 4.79 Å². The fourth-order valence-corrected chi connectivity index (χ4v) is 0.923. The van der Waals surface area contributed by atoms with Crippen molar-refractivity contribution in [3.8, 4) is 5.75 Å². The number of anilines is 1. The number of rotatable bonds is 2. The second-order valence-electron chi connectivity index (χ2n) is 3.19. The maximum atomic E-state index is 12.7. The molecule has 0 aliphatic carbocycles. The molecule has 3 nitrogen and oxygen atoms in total. The van der Waals surface area contributed by atoms with Crippen molar-refractivity contribution in [1.82, 2.24) is 0 Å². The lowest BCUT2D eigenvalue weighted by Gasteiger charge is -2.18. The van der Waals surface area contributed by atoms with Gasteiger partial charge in [-0.2, -0.15) is 22.0 Å². The Bertz CT molecular complexity index is 471. The number of carbonyl (C=O) groups excluding carboxylic acids is 1. The molecule has 1 rings (SSSR count). The molecule has 0 heterocycles. The molecule has 1 aromatic carbocycles. The van der Waals surface area contributed by atoms with Gasteiger partial charge < -0.3 is 10.4 Å². The van der Waals surface area contributed by atoms with E-state index in [9.17, 15) is 31.1 Å². The van der Waals surface area contributed by atoms with Crippen LogP contribution in [0.5, 0.6) is 5.75 Å². The number of phenolic OH excluding ortho intramolecular Hbond substituents is 1. The van der Waals surface area contributed by atoms with E-state index in [0.29, 0.717) is 12.1 Å². The summed E-state index contributed by atoms with van der Waals surface area (Å²) in [6.45, 7) is 0. The molecule has 0 spiro atoms. The van der Waals surface area contributed by atoms with Crippen LogP contribution >= 0.6 is 0 Å². The van der Waals surface area contributed by atoms with E-state index in [4.69, 9.17) is 5.11 Å². The number of benzene rings is 1. The van der Waals surface area contributed by atoms with E-state index in [1.807, 2.05) is 0 Å². The first-order valence-corrected chi connectivity index (χ1v) is 4.30. The second kappa shape index (κ2) is 4.39. The second-order valence-corrected chi connectivity index (χ2v) is 3.19. The van der Waals surface area contributed by atoms with Crippen molar-refractivity contribution in [2.24, 2.45) is 0 Å². The van der Waals surface area contributed by atoms with Gasteiger partial charge in [0.05, 0.1) is 0 Å². The highest BCUT2D eigenvalue weighted by Crippen LogP contribution is 2.36. The Morgan fingerprint density at radius 3 is 2.17 bits per heavy atom. The van der Waals surface area contributed by atoms with Crippen LogP contribution in [0.25, 0.3) is 0 Å². The van der Waals surface area contributed by atoms with Gasteiger partial charge in [0.2, 0.25) is 0 Å². The molecule has 1 amide bonds. The number of hydrogen-bond acceptors (Lipinski definition) is 2. The highest BCUT2D eigenvalue weighted by Gasteiger charge is 2.63. The molecule has 0 unspecified atom stereocenters. The lowest BCUT2D eigenvalue weighted by Crippen LogP contribution is -2.47. The normalized spacial score (nSPS) is 12.3. The lowest BCUT2D eigenvalue weighted by molar-refractivity contribution is -0.267. The first-order valence-electron chi connectivity index (χ1n) is 4.30. The lowest BCUT2D eigenvalue weighted by atomic mass is 10.2. The Labute approximate surface area is 96.0 Å². The monoisotopic (exact) mass is 273 g/mol. The van der Waals surface area contributed by atoms with Crippen molar-refractivity contribution >= 4 is 11.6 Å². The van der Waals surface area contributed by atoms with Crippen LogP contribution in [0, 0.1) is 5.82 Å². The van der Waals surface area contributed by atoms with Crippen molar-refractivity contribution < 1.29 is 36.2 Å². The van der Waals surface area contributed by atoms with E-state index >= 15 is 0 Å². The fourth-order valence-electron chi connectivity index (χ4n) is 0.923. The summed E-state index contributed by atoms with van der Waals surface area (Å²) < 4.78 is 73.2. The van der Waals surface area contributed by atoms with Crippen LogP contribution in [-0.4, -0.2) is 23.1 Å². The average Bonchev–Trinajstić information content (AvgIpc) is 2.21. The number of amides is 1. The fraction of sp³-hybridized carbons (Fsp3) is 0.222. The minimum atomic E-state index is -6.05. The number of phenols is 1. The summed E-state index contributed by atoms with van der Waals surface area (Å²) >= 11 is 0. The Kier molecular flexibility index (Phi) is 3.45. The van der Waals surface area contributed by atoms with Crippen LogP contribution in [0.2, 0.25) is 0 Å². The number of carbonyl (C=O) groups is 1. The molecule has 0 atom stereocenters. The van der Waals surface area contributed by atoms with Gasteiger partial charge in [-0.1, -0.05) is 0 Å². The predicted octanol–water partition coefficient (Wildman–Crippen LogP) is 2.67. The van der Waals surface area contributed by atoms with E-state index in [1.165, 1.54) is 5.32 Å². The zero-order chi connectivity index (χ0) is 14.1. The summed E-state index contributed by atoms with van der Waals surface area (Å²) in [5.74, 6) is -10.3. The largest absolute Gasteiger partial charge is 0.505 e. The van der Waals surface area contributed by atoms with Crippen LogP contribution in [0.3, 0.4) is 0 Å². The average molecular weight is 273 g/mol. The number of aromatic hydroxyl groups is 1. The molecule has 9 heteroatoms. The van der Waals surface area contributed by atoms with Crippen LogP contribution < -0.4 is 5.32 Å². The van der Waals surface area contributed by atoms with Crippen molar-refractivity contribution in [1.29, 1.82) is 0 Å². The van der Waals surface area contributed by atoms with Crippen molar-refractivity contribution in [3.05, 3.63) is 24.0 Å². The molecule has 18 heavy (non-hydrogen) atoms. The third-order valence-corrected chi connectivity index (χ3v) is 1.85. The Morgan fingerprint density at radius 1 is 1.17 bits per heavy atom. The molecule has 0 bridgehead atoms. The standard InChI is InChI=1S/C9H5F6NO2/c10-5-3-4(1-2-6(5)17)16-7(18)8(11,12)9(13,14)15/h1-3,17H,(H,16,18). The molecular formula is C9H5F6NO2. The summed E-state index contributed by atoms with van der Waals surface area (Å²) in [6, 6.07) is 1.86. The molecule has 0 radical (unpaired) electrons. The summed E-state index contributed by atoms with van der Waals surface area (Å²) in [5.41, 5.74) is -0.640. The Hall–Kier alpha value is -1.93. The van der Waals surface area contributed by atoms with E-state index < -0.39 is 35.3 Å². The summed E-state index contributed by atoms with van der Waals surface area (Å²) in [4.78, 5) is 10.7. The molecule has 0 saturated heterocycles. The van der Waals surface area contributed by atoms with E-state index in [0.717, 1.165) is 6.07 Å². The van der Waals surface area contributed by atoms with E-state index in [2.05, 4.69) is 0 Å². The summed E-state index contributed by atoms with van der Waals surface area (Å²) in [5, 5.41) is 9.95. The van der Waals surface area contributed by atoms with Crippen molar-refractivity contribution in [2.45, 2.75) is 12.1 Å². The number of halogens is 6. The molecule has 0 saturated carbocycles. The van der Waals surface area contributed by atoms with Gasteiger partial charge >= 0.3 is 18.0 Å². The molecule has 2 N–H and O–H groups in total. The number of alkyl halides is 5. The van der Waals surface area contributed by atoms with Gasteiger partial charge in [0.15, 0.2) is 11.6 Å². The molecule has 1 aromatic rings. The van der Waals surface area contributed by atoms with Gasteiger partial charge in [-0.15, -0.1) is 0 Å². The van der Waals surface area contributed by atoms with Gasteiger partial charge in [-0.05, 0) is 12.1 Å². The molecule has 100 valence electrons. The molecule has 0 aliphatic rings. The van der Waals surface area contributed by atoms with Gasteiger partial charge in [0.25, 0.3) is 0 Å².